The van der Waals surface area contributed by atoms with E-state index in [4.69, 9.17) is 0 Å². The summed E-state index contributed by atoms with van der Waals surface area (Å²) in [6.07, 6.45) is 2.39. The van der Waals surface area contributed by atoms with Gasteiger partial charge < -0.3 is 15.0 Å². The minimum absolute atomic E-state index is 0.0292. The number of hydrogen-bond donors (Lipinski definition) is 3. The van der Waals surface area contributed by atoms with Crippen LogP contribution in [0.2, 0.25) is 0 Å². The minimum Gasteiger partial charge on any atom is -0.495 e. The number of nitrogens with zero attached hydrogens (tertiary/aromatic N) is 1. The van der Waals surface area contributed by atoms with Crippen molar-refractivity contribution in [2.24, 2.45) is 0 Å². The topological polar surface area (TPSA) is 85.4 Å². The van der Waals surface area contributed by atoms with E-state index in [-0.39, 0.29) is 10.8 Å². The molecule has 3 N–H and O–H groups in total. The fourth-order valence-electron chi connectivity index (χ4n) is 2.69. The molecule has 6 nitrogen and oxygen atoms in total. The van der Waals surface area contributed by atoms with E-state index in [0.29, 0.717) is 17.4 Å². The number of aromatic hydroxyl groups is 1. The van der Waals surface area contributed by atoms with Gasteiger partial charge >= 0.3 is 0 Å². The SMILES string of the molecule is O=S(=O)(NCCN1CCCC1)c1ccc2[nH]c(O)cc2c1. The summed E-state index contributed by atoms with van der Waals surface area (Å²) in [5, 5.41) is 10.1. The van der Waals surface area contributed by atoms with E-state index in [1.165, 1.54) is 25.0 Å². The molecule has 0 amide bonds. The number of fused-ring (bicyclic) bond motifs is 1. The number of benzene rings is 1. The maximum absolute atomic E-state index is 12.3. The Hall–Kier alpha value is -1.57. The molecule has 0 atom stereocenters. The molecule has 21 heavy (non-hydrogen) atoms. The van der Waals surface area contributed by atoms with Crippen LogP contribution in [0.5, 0.6) is 5.88 Å². The van der Waals surface area contributed by atoms with Crippen molar-refractivity contribution in [3.8, 4) is 5.88 Å². The molecule has 114 valence electrons. The number of likely N-dealkylation sites (tertiary alicyclic amines) is 1. The highest BCUT2D eigenvalue weighted by Gasteiger charge is 2.16. The molecule has 3 rings (SSSR count). The molecular formula is C14H19N3O3S. The number of hydrogen-bond acceptors (Lipinski definition) is 4. The fraction of sp³-hybridized carbons (Fsp3) is 0.429. The Bertz CT molecular complexity index is 733. The first kappa shape index (κ1) is 14.4. The van der Waals surface area contributed by atoms with Crippen LogP contribution in [-0.2, 0) is 10.0 Å². The fourth-order valence-corrected chi connectivity index (χ4v) is 3.75. The number of H-pyrrole nitrogens is 1. The van der Waals surface area contributed by atoms with E-state index in [9.17, 15) is 13.5 Å². The molecule has 0 saturated carbocycles. The largest absolute Gasteiger partial charge is 0.495 e. The zero-order valence-corrected chi connectivity index (χ0v) is 12.5. The van der Waals surface area contributed by atoms with Gasteiger partial charge in [0, 0.05) is 30.1 Å². The maximum atomic E-state index is 12.3. The Labute approximate surface area is 123 Å². The van der Waals surface area contributed by atoms with Crippen molar-refractivity contribution in [2.75, 3.05) is 26.2 Å². The number of aromatic amines is 1. The zero-order valence-electron chi connectivity index (χ0n) is 11.7. The van der Waals surface area contributed by atoms with E-state index < -0.39 is 10.0 Å². The summed E-state index contributed by atoms with van der Waals surface area (Å²) >= 11 is 0. The van der Waals surface area contributed by atoms with Crippen molar-refractivity contribution in [1.29, 1.82) is 0 Å². The first-order chi connectivity index (χ1) is 10.0. The van der Waals surface area contributed by atoms with Gasteiger partial charge in [0.05, 0.1) is 4.90 Å². The van der Waals surface area contributed by atoms with E-state index in [0.717, 1.165) is 19.6 Å². The molecule has 1 aromatic carbocycles. The quantitative estimate of drug-likeness (QED) is 0.776. The lowest BCUT2D eigenvalue weighted by Crippen LogP contribution is -2.33. The zero-order chi connectivity index (χ0) is 14.9. The number of rotatable bonds is 5. The molecule has 1 aliphatic rings. The van der Waals surface area contributed by atoms with Gasteiger partial charge in [-0.15, -0.1) is 0 Å². The second-order valence-electron chi connectivity index (χ2n) is 5.35. The van der Waals surface area contributed by atoms with Crippen LogP contribution in [0.3, 0.4) is 0 Å². The summed E-state index contributed by atoms with van der Waals surface area (Å²) in [5.41, 5.74) is 0.712. The lowest BCUT2D eigenvalue weighted by atomic mass is 10.2. The lowest BCUT2D eigenvalue weighted by molar-refractivity contribution is 0.344. The van der Waals surface area contributed by atoms with Crippen LogP contribution in [-0.4, -0.2) is 49.6 Å². The average molecular weight is 309 g/mol. The summed E-state index contributed by atoms with van der Waals surface area (Å²) in [5.74, 6) is 0.0292. The predicted molar refractivity (Wildman–Crippen MR) is 80.8 cm³/mol. The third kappa shape index (κ3) is 3.20. The highest BCUT2D eigenvalue weighted by atomic mass is 32.2. The van der Waals surface area contributed by atoms with Crippen molar-refractivity contribution in [2.45, 2.75) is 17.7 Å². The Balaban J connectivity index is 1.69. The van der Waals surface area contributed by atoms with Crippen molar-refractivity contribution in [3.63, 3.8) is 0 Å². The summed E-state index contributed by atoms with van der Waals surface area (Å²) in [6.45, 7) is 3.26. The van der Waals surface area contributed by atoms with Crippen LogP contribution >= 0.6 is 0 Å². The first-order valence-corrected chi connectivity index (χ1v) is 8.57. The van der Waals surface area contributed by atoms with E-state index >= 15 is 0 Å². The Morgan fingerprint density at radius 1 is 1.24 bits per heavy atom. The molecule has 2 heterocycles. The third-order valence-electron chi connectivity index (χ3n) is 3.81. The second-order valence-corrected chi connectivity index (χ2v) is 7.12. The monoisotopic (exact) mass is 309 g/mol. The summed E-state index contributed by atoms with van der Waals surface area (Å²) in [7, 11) is -3.51. The molecule has 0 spiro atoms. The second kappa shape index (κ2) is 5.67. The molecular weight excluding hydrogens is 290 g/mol. The lowest BCUT2D eigenvalue weighted by Gasteiger charge is -2.14. The van der Waals surface area contributed by atoms with Crippen molar-refractivity contribution >= 4 is 20.9 Å². The van der Waals surface area contributed by atoms with Crippen LogP contribution in [0.25, 0.3) is 10.9 Å². The molecule has 0 aliphatic carbocycles. The normalized spacial score (nSPS) is 16.8. The molecule has 0 unspecified atom stereocenters. The predicted octanol–water partition coefficient (Wildman–Crippen LogP) is 1.25. The summed E-state index contributed by atoms with van der Waals surface area (Å²) in [4.78, 5) is 5.23. The Morgan fingerprint density at radius 3 is 2.76 bits per heavy atom. The van der Waals surface area contributed by atoms with Gasteiger partial charge in [-0.1, -0.05) is 0 Å². The standard InChI is InChI=1S/C14H19N3O3S/c18-14-10-11-9-12(3-4-13(11)16-14)21(19,20)15-5-8-17-6-1-2-7-17/h3-4,9-10,15-16,18H,1-2,5-8H2. The van der Waals surface area contributed by atoms with Gasteiger partial charge in [0.25, 0.3) is 0 Å². The summed E-state index contributed by atoms with van der Waals surface area (Å²) < 4.78 is 27.1. The maximum Gasteiger partial charge on any atom is 0.240 e. The highest BCUT2D eigenvalue weighted by Crippen LogP contribution is 2.22. The van der Waals surface area contributed by atoms with E-state index in [1.807, 2.05) is 0 Å². The number of sulfonamides is 1. The van der Waals surface area contributed by atoms with Crippen LogP contribution in [0.4, 0.5) is 0 Å². The highest BCUT2D eigenvalue weighted by molar-refractivity contribution is 7.89. The van der Waals surface area contributed by atoms with Gasteiger partial charge in [0.15, 0.2) is 5.88 Å². The van der Waals surface area contributed by atoms with Crippen molar-refractivity contribution < 1.29 is 13.5 Å². The smallest absolute Gasteiger partial charge is 0.240 e. The third-order valence-corrected chi connectivity index (χ3v) is 5.27. The molecule has 0 bridgehead atoms. The van der Waals surface area contributed by atoms with E-state index in [1.54, 1.807) is 12.1 Å². The van der Waals surface area contributed by atoms with Gasteiger partial charge in [0.1, 0.15) is 0 Å². The first-order valence-electron chi connectivity index (χ1n) is 7.08. The van der Waals surface area contributed by atoms with Crippen LogP contribution in [0.1, 0.15) is 12.8 Å². The minimum atomic E-state index is -3.51. The molecule has 1 fully saturated rings. The van der Waals surface area contributed by atoms with Gasteiger partial charge in [-0.05, 0) is 44.1 Å². The molecule has 7 heteroatoms. The number of nitrogens with one attached hydrogen (secondary N) is 2. The van der Waals surface area contributed by atoms with Gasteiger partial charge in [0.2, 0.25) is 10.0 Å². The summed E-state index contributed by atoms with van der Waals surface area (Å²) in [6, 6.07) is 6.27. The molecule has 0 radical (unpaired) electrons. The van der Waals surface area contributed by atoms with E-state index in [2.05, 4.69) is 14.6 Å². The van der Waals surface area contributed by atoms with Crippen LogP contribution in [0, 0.1) is 0 Å². The van der Waals surface area contributed by atoms with Gasteiger partial charge in [-0.2, -0.15) is 0 Å². The molecule has 1 saturated heterocycles. The van der Waals surface area contributed by atoms with Gasteiger partial charge in [-0.25, -0.2) is 13.1 Å². The van der Waals surface area contributed by atoms with Gasteiger partial charge in [-0.3, -0.25) is 0 Å². The molecule has 2 aromatic rings. The molecule has 1 aliphatic heterocycles. The Kier molecular flexibility index (Phi) is 3.88. The van der Waals surface area contributed by atoms with Crippen molar-refractivity contribution in [3.05, 3.63) is 24.3 Å². The number of aromatic nitrogens is 1. The molecule has 1 aromatic heterocycles. The Morgan fingerprint density at radius 2 is 2.00 bits per heavy atom. The van der Waals surface area contributed by atoms with Crippen LogP contribution < -0.4 is 4.72 Å². The average Bonchev–Trinajstić information content (AvgIpc) is 3.05. The van der Waals surface area contributed by atoms with Crippen LogP contribution in [0.15, 0.2) is 29.2 Å². The van der Waals surface area contributed by atoms with Crippen molar-refractivity contribution in [1.82, 2.24) is 14.6 Å².